The van der Waals surface area contributed by atoms with Gasteiger partial charge < -0.3 is 5.11 Å². The third kappa shape index (κ3) is 2.13. The summed E-state index contributed by atoms with van der Waals surface area (Å²) < 4.78 is 37.7. The fourth-order valence-corrected chi connectivity index (χ4v) is 2.29. The van der Waals surface area contributed by atoms with Gasteiger partial charge in [-0.15, -0.1) is 0 Å². The summed E-state index contributed by atoms with van der Waals surface area (Å²) in [7, 11) is 0. The molecule has 0 aliphatic heterocycles. The van der Waals surface area contributed by atoms with Crippen LogP contribution >= 0.6 is 11.6 Å². The van der Waals surface area contributed by atoms with Crippen LogP contribution in [0.15, 0.2) is 12.3 Å². The number of aromatic nitrogens is 1. The summed E-state index contributed by atoms with van der Waals surface area (Å²) in [4.78, 5) is 3.57. The van der Waals surface area contributed by atoms with Crippen molar-refractivity contribution in [2.45, 2.75) is 37.5 Å². The molecule has 1 saturated carbocycles. The standard InChI is InChI=1S/C11H11ClF3NO/c1-6(17)10(2-3-10)8-4-7(11(13,14)15)5-16-9(8)12/h4-6,17H,2-3H2,1H3. The van der Waals surface area contributed by atoms with E-state index in [4.69, 9.17) is 11.6 Å². The van der Waals surface area contributed by atoms with Crippen LogP contribution in [-0.2, 0) is 11.6 Å². The predicted molar refractivity (Wildman–Crippen MR) is 56.8 cm³/mol. The summed E-state index contributed by atoms with van der Waals surface area (Å²) in [6.07, 6.45) is -3.20. The predicted octanol–water partition coefficient (Wildman–Crippen LogP) is 3.17. The maximum atomic E-state index is 12.6. The van der Waals surface area contributed by atoms with Crippen LogP contribution in [0.4, 0.5) is 13.2 Å². The van der Waals surface area contributed by atoms with Gasteiger partial charge in [0.25, 0.3) is 0 Å². The van der Waals surface area contributed by atoms with E-state index in [0.717, 1.165) is 6.07 Å². The Morgan fingerprint density at radius 1 is 1.47 bits per heavy atom. The van der Waals surface area contributed by atoms with E-state index in [9.17, 15) is 18.3 Å². The van der Waals surface area contributed by atoms with Gasteiger partial charge in [-0.25, -0.2) is 4.98 Å². The van der Waals surface area contributed by atoms with Crippen LogP contribution in [0.5, 0.6) is 0 Å². The minimum Gasteiger partial charge on any atom is -0.392 e. The van der Waals surface area contributed by atoms with E-state index >= 15 is 0 Å². The average molecular weight is 266 g/mol. The molecule has 1 aliphatic rings. The highest BCUT2D eigenvalue weighted by Gasteiger charge is 2.50. The van der Waals surface area contributed by atoms with Crippen molar-refractivity contribution in [1.29, 1.82) is 0 Å². The summed E-state index contributed by atoms with van der Waals surface area (Å²) in [5, 5.41) is 9.68. The summed E-state index contributed by atoms with van der Waals surface area (Å²) in [6.45, 7) is 1.56. The normalized spacial score (nSPS) is 20.1. The lowest BCUT2D eigenvalue weighted by Crippen LogP contribution is -2.24. The number of nitrogens with zero attached hydrogens (tertiary/aromatic N) is 1. The Balaban J connectivity index is 2.48. The van der Waals surface area contributed by atoms with Crippen LogP contribution in [0.3, 0.4) is 0 Å². The quantitative estimate of drug-likeness (QED) is 0.833. The van der Waals surface area contributed by atoms with Crippen molar-refractivity contribution in [3.63, 3.8) is 0 Å². The van der Waals surface area contributed by atoms with Gasteiger partial charge in [0, 0.05) is 11.6 Å². The van der Waals surface area contributed by atoms with Gasteiger partial charge in [0.2, 0.25) is 0 Å². The highest BCUT2D eigenvalue weighted by Crippen LogP contribution is 2.53. The first-order chi connectivity index (χ1) is 7.77. The van der Waals surface area contributed by atoms with Gasteiger partial charge in [0.05, 0.1) is 11.7 Å². The van der Waals surface area contributed by atoms with Crippen molar-refractivity contribution in [1.82, 2.24) is 4.98 Å². The SMILES string of the molecule is CC(O)C1(c2cc(C(F)(F)F)cnc2Cl)CC1. The monoisotopic (exact) mass is 265 g/mol. The highest BCUT2D eigenvalue weighted by molar-refractivity contribution is 6.30. The molecule has 1 atom stereocenters. The first kappa shape index (κ1) is 12.6. The average Bonchev–Trinajstić information content (AvgIpc) is 2.97. The largest absolute Gasteiger partial charge is 0.417 e. The Labute approximate surface area is 101 Å². The third-order valence-electron chi connectivity index (χ3n) is 3.29. The van der Waals surface area contributed by atoms with Crippen LogP contribution in [0.1, 0.15) is 30.9 Å². The molecule has 94 valence electrons. The Morgan fingerprint density at radius 3 is 2.47 bits per heavy atom. The smallest absolute Gasteiger partial charge is 0.392 e. The lowest BCUT2D eigenvalue weighted by molar-refractivity contribution is -0.137. The second kappa shape index (κ2) is 3.85. The van der Waals surface area contributed by atoms with Crippen LogP contribution in [0.2, 0.25) is 5.15 Å². The summed E-state index contributed by atoms with van der Waals surface area (Å²) >= 11 is 5.83. The molecule has 0 spiro atoms. The molecule has 2 rings (SSSR count). The van der Waals surface area contributed by atoms with E-state index in [2.05, 4.69) is 4.98 Å². The Kier molecular flexibility index (Phi) is 2.86. The Morgan fingerprint density at radius 2 is 2.06 bits per heavy atom. The molecular weight excluding hydrogens is 255 g/mol. The zero-order valence-corrected chi connectivity index (χ0v) is 9.81. The lowest BCUT2D eigenvalue weighted by Gasteiger charge is -2.21. The van der Waals surface area contributed by atoms with E-state index < -0.39 is 23.3 Å². The molecule has 1 aromatic rings. The van der Waals surface area contributed by atoms with E-state index in [1.165, 1.54) is 0 Å². The maximum Gasteiger partial charge on any atom is 0.417 e. The van der Waals surface area contributed by atoms with Crippen molar-refractivity contribution in [3.05, 3.63) is 28.5 Å². The van der Waals surface area contributed by atoms with Crippen LogP contribution < -0.4 is 0 Å². The Bertz CT molecular complexity index is 441. The van der Waals surface area contributed by atoms with Crippen molar-refractivity contribution < 1.29 is 18.3 Å². The van der Waals surface area contributed by atoms with E-state index in [1.54, 1.807) is 6.92 Å². The number of aliphatic hydroxyl groups is 1. The number of halogens is 4. The molecule has 6 heteroatoms. The maximum absolute atomic E-state index is 12.6. The van der Waals surface area contributed by atoms with E-state index in [-0.39, 0.29) is 5.15 Å². The number of pyridine rings is 1. The molecule has 1 N–H and O–H groups in total. The molecule has 0 radical (unpaired) electrons. The second-order valence-corrected chi connectivity index (χ2v) is 4.75. The van der Waals surface area contributed by atoms with Crippen molar-refractivity contribution in [2.24, 2.45) is 0 Å². The molecule has 0 bridgehead atoms. The van der Waals surface area contributed by atoms with Gasteiger partial charge in [0.1, 0.15) is 5.15 Å². The van der Waals surface area contributed by atoms with Gasteiger partial charge in [-0.3, -0.25) is 0 Å². The van der Waals surface area contributed by atoms with Crippen LogP contribution in [0.25, 0.3) is 0 Å². The molecule has 1 aromatic heterocycles. The molecule has 0 saturated heterocycles. The van der Waals surface area contributed by atoms with Crippen molar-refractivity contribution in [2.75, 3.05) is 0 Å². The minimum absolute atomic E-state index is 0.0383. The molecule has 0 aromatic carbocycles. The zero-order valence-electron chi connectivity index (χ0n) is 9.05. The number of hydrogen-bond donors (Lipinski definition) is 1. The molecule has 2 nitrogen and oxygen atoms in total. The number of rotatable bonds is 2. The van der Waals surface area contributed by atoms with Crippen LogP contribution in [0, 0.1) is 0 Å². The second-order valence-electron chi connectivity index (χ2n) is 4.39. The summed E-state index contributed by atoms with van der Waals surface area (Å²) in [5.41, 5.74) is -1.18. The molecule has 1 unspecified atom stereocenters. The van der Waals surface area contributed by atoms with Crippen molar-refractivity contribution in [3.8, 4) is 0 Å². The number of alkyl halides is 3. The summed E-state index contributed by atoms with van der Waals surface area (Å²) in [5.74, 6) is 0. The molecule has 1 aliphatic carbocycles. The van der Waals surface area contributed by atoms with Gasteiger partial charge in [-0.1, -0.05) is 11.6 Å². The first-order valence-corrected chi connectivity index (χ1v) is 5.56. The zero-order chi connectivity index (χ0) is 12.8. The molecule has 1 heterocycles. The van der Waals surface area contributed by atoms with E-state index in [0.29, 0.717) is 24.6 Å². The van der Waals surface area contributed by atoms with Gasteiger partial charge >= 0.3 is 6.18 Å². The molecule has 0 amide bonds. The summed E-state index contributed by atoms with van der Waals surface area (Å²) in [6, 6.07) is 0.995. The fourth-order valence-electron chi connectivity index (χ4n) is 2.00. The fraction of sp³-hybridized carbons (Fsp3) is 0.545. The molecule has 1 fully saturated rings. The molecule has 17 heavy (non-hydrogen) atoms. The van der Waals surface area contributed by atoms with E-state index in [1.807, 2.05) is 0 Å². The third-order valence-corrected chi connectivity index (χ3v) is 3.59. The van der Waals surface area contributed by atoms with Gasteiger partial charge in [-0.2, -0.15) is 13.2 Å². The highest BCUT2D eigenvalue weighted by atomic mass is 35.5. The molecular formula is C11H11ClF3NO. The Hall–Kier alpha value is -0.810. The minimum atomic E-state index is -4.44. The number of hydrogen-bond acceptors (Lipinski definition) is 2. The van der Waals surface area contributed by atoms with Crippen molar-refractivity contribution >= 4 is 11.6 Å². The van der Waals surface area contributed by atoms with Gasteiger partial charge in [0.15, 0.2) is 0 Å². The first-order valence-electron chi connectivity index (χ1n) is 5.19. The van der Waals surface area contributed by atoms with Crippen LogP contribution in [-0.4, -0.2) is 16.2 Å². The topological polar surface area (TPSA) is 33.1 Å². The van der Waals surface area contributed by atoms with Gasteiger partial charge in [-0.05, 0) is 31.4 Å². The number of aliphatic hydroxyl groups excluding tert-OH is 1. The lowest BCUT2D eigenvalue weighted by atomic mass is 9.91.